The molecule has 0 bridgehead atoms. The number of methoxy groups -OCH3 is 2. The first-order chi connectivity index (χ1) is 13.4. The van der Waals surface area contributed by atoms with Gasteiger partial charge in [-0.1, -0.05) is 42.5 Å². The number of nitrogens with zero attached hydrogens (tertiary/aromatic N) is 1. The summed E-state index contributed by atoms with van der Waals surface area (Å²) < 4.78 is 39.1. The first-order valence-electron chi connectivity index (χ1n) is 8.80. The number of aryl methyl sites for hydroxylation is 1. The maximum absolute atomic E-state index is 13.5. The maximum Gasteiger partial charge on any atom is 0.264 e. The SMILES string of the molecule is COc1cc(OC)cc(N(Cc2ccccc2)S(=O)(=O)c2cccc(C)c2)c1. The molecule has 3 aromatic rings. The summed E-state index contributed by atoms with van der Waals surface area (Å²) in [4.78, 5) is 0.241. The summed E-state index contributed by atoms with van der Waals surface area (Å²) in [7, 11) is -0.729. The van der Waals surface area contributed by atoms with Crippen molar-refractivity contribution in [2.24, 2.45) is 0 Å². The highest BCUT2D eigenvalue weighted by Gasteiger charge is 2.26. The van der Waals surface area contributed by atoms with Gasteiger partial charge in [0, 0.05) is 18.2 Å². The Morgan fingerprint density at radius 2 is 1.46 bits per heavy atom. The van der Waals surface area contributed by atoms with Gasteiger partial charge in [-0.05, 0) is 30.2 Å². The molecule has 5 nitrogen and oxygen atoms in total. The van der Waals surface area contributed by atoms with Crippen molar-refractivity contribution in [1.29, 1.82) is 0 Å². The minimum Gasteiger partial charge on any atom is -0.497 e. The molecule has 6 heteroatoms. The molecule has 0 aliphatic rings. The number of anilines is 1. The van der Waals surface area contributed by atoms with Crippen LogP contribution in [0.3, 0.4) is 0 Å². The smallest absolute Gasteiger partial charge is 0.264 e. The molecule has 0 amide bonds. The highest BCUT2D eigenvalue weighted by molar-refractivity contribution is 7.92. The van der Waals surface area contributed by atoms with Crippen molar-refractivity contribution in [1.82, 2.24) is 0 Å². The molecule has 0 fully saturated rings. The van der Waals surface area contributed by atoms with E-state index in [2.05, 4.69) is 0 Å². The molecule has 0 saturated carbocycles. The Balaban J connectivity index is 2.15. The van der Waals surface area contributed by atoms with Crippen molar-refractivity contribution in [3.05, 3.63) is 83.9 Å². The lowest BCUT2D eigenvalue weighted by atomic mass is 10.2. The Labute approximate surface area is 166 Å². The molecule has 146 valence electrons. The van der Waals surface area contributed by atoms with Crippen LogP contribution >= 0.6 is 0 Å². The van der Waals surface area contributed by atoms with Gasteiger partial charge in [-0.3, -0.25) is 4.31 Å². The van der Waals surface area contributed by atoms with Gasteiger partial charge in [-0.2, -0.15) is 0 Å². The number of ether oxygens (including phenoxy) is 2. The molecule has 28 heavy (non-hydrogen) atoms. The number of hydrogen-bond donors (Lipinski definition) is 0. The van der Waals surface area contributed by atoms with Gasteiger partial charge < -0.3 is 9.47 Å². The zero-order valence-electron chi connectivity index (χ0n) is 16.1. The van der Waals surface area contributed by atoms with Gasteiger partial charge in [-0.25, -0.2) is 8.42 Å². The van der Waals surface area contributed by atoms with E-state index in [4.69, 9.17) is 9.47 Å². The Morgan fingerprint density at radius 3 is 2.04 bits per heavy atom. The van der Waals surface area contributed by atoms with Gasteiger partial charge in [0.25, 0.3) is 10.0 Å². The predicted octanol–water partition coefficient (Wildman–Crippen LogP) is 4.41. The van der Waals surface area contributed by atoms with Crippen LogP contribution in [0.5, 0.6) is 11.5 Å². The highest BCUT2D eigenvalue weighted by atomic mass is 32.2. The number of sulfonamides is 1. The summed E-state index contributed by atoms with van der Waals surface area (Å²) in [6.45, 7) is 2.06. The molecular weight excluding hydrogens is 374 g/mol. The van der Waals surface area contributed by atoms with Crippen molar-refractivity contribution in [3.8, 4) is 11.5 Å². The molecule has 0 radical (unpaired) electrons. The second-order valence-electron chi connectivity index (χ2n) is 6.38. The van der Waals surface area contributed by atoms with Crippen molar-refractivity contribution < 1.29 is 17.9 Å². The molecule has 0 N–H and O–H groups in total. The number of hydrogen-bond acceptors (Lipinski definition) is 4. The van der Waals surface area contributed by atoms with Crippen LogP contribution in [0.25, 0.3) is 0 Å². The van der Waals surface area contributed by atoms with Crippen LogP contribution < -0.4 is 13.8 Å². The van der Waals surface area contributed by atoms with Gasteiger partial charge in [0.15, 0.2) is 0 Å². The molecule has 3 aromatic carbocycles. The van der Waals surface area contributed by atoms with E-state index in [0.29, 0.717) is 17.2 Å². The van der Waals surface area contributed by atoms with E-state index in [1.54, 1.807) is 36.4 Å². The fourth-order valence-electron chi connectivity index (χ4n) is 2.90. The van der Waals surface area contributed by atoms with Crippen molar-refractivity contribution >= 4 is 15.7 Å². The highest BCUT2D eigenvalue weighted by Crippen LogP contribution is 2.33. The largest absolute Gasteiger partial charge is 0.497 e. The lowest BCUT2D eigenvalue weighted by Gasteiger charge is -2.26. The zero-order valence-corrected chi connectivity index (χ0v) is 16.9. The van der Waals surface area contributed by atoms with Crippen LogP contribution in [0.2, 0.25) is 0 Å². The Bertz CT molecular complexity index is 1030. The number of benzene rings is 3. The standard InChI is InChI=1S/C22H23NO4S/c1-17-8-7-11-22(12-17)28(24,25)23(16-18-9-5-4-6-10-18)19-13-20(26-2)15-21(14-19)27-3/h4-15H,16H2,1-3H3. The van der Waals surface area contributed by atoms with Crippen LogP contribution in [-0.4, -0.2) is 22.6 Å². The minimum absolute atomic E-state index is 0.188. The van der Waals surface area contributed by atoms with Crippen molar-refractivity contribution in [2.75, 3.05) is 18.5 Å². The predicted molar refractivity (Wildman–Crippen MR) is 111 cm³/mol. The quantitative estimate of drug-likeness (QED) is 0.593. The Kier molecular flexibility index (Phi) is 5.90. The van der Waals surface area contributed by atoms with Crippen LogP contribution in [0, 0.1) is 6.92 Å². The monoisotopic (exact) mass is 397 g/mol. The summed E-state index contributed by atoms with van der Waals surface area (Å²) in [5.41, 5.74) is 2.23. The molecule has 0 aliphatic carbocycles. The van der Waals surface area contributed by atoms with Gasteiger partial charge in [0.2, 0.25) is 0 Å². The first-order valence-corrected chi connectivity index (χ1v) is 10.2. The third kappa shape index (κ3) is 4.28. The van der Waals surface area contributed by atoms with E-state index in [-0.39, 0.29) is 11.4 Å². The molecule has 0 spiro atoms. The summed E-state index contributed by atoms with van der Waals surface area (Å²) in [6.07, 6.45) is 0. The molecule has 0 saturated heterocycles. The summed E-state index contributed by atoms with van der Waals surface area (Å²) in [5.74, 6) is 1.04. The van der Waals surface area contributed by atoms with Gasteiger partial charge in [0.1, 0.15) is 11.5 Å². The van der Waals surface area contributed by atoms with E-state index in [1.807, 2.05) is 43.3 Å². The van der Waals surface area contributed by atoms with Crippen LogP contribution in [0.4, 0.5) is 5.69 Å². The first kappa shape index (κ1) is 19.8. The van der Waals surface area contributed by atoms with Crippen LogP contribution in [0.15, 0.2) is 77.7 Å². The van der Waals surface area contributed by atoms with Gasteiger partial charge in [0.05, 0.1) is 31.3 Å². The molecule has 0 heterocycles. The molecule has 0 aliphatic heterocycles. The average molecular weight is 397 g/mol. The third-order valence-electron chi connectivity index (χ3n) is 4.37. The molecule has 0 atom stereocenters. The lowest BCUT2D eigenvalue weighted by molar-refractivity contribution is 0.394. The van der Waals surface area contributed by atoms with E-state index in [1.165, 1.54) is 18.5 Å². The summed E-state index contributed by atoms with van der Waals surface area (Å²) in [5, 5.41) is 0. The normalized spacial score (nSPS) is 11.1. The second-order valence-corrected chi connectivity index (χ2v) is 8.25. The van der Waals surface area contributed by atoms with Gasteiger partial charge >= 0.3 is 0 Å². The van der Waals surface area contributed by atoms with Crippen LogP contribution in [-0.2, 0) is 16.6 Å². The maximum atomic E-state index is 13.5. The van der Waals surface area contributed by atoms with Crippen molar-refractivity contribution in [2.45, 2.75) is 18.4 Å². The van der Waals surface area contributed by atoms with Crippen LogP contribution in [0.1, 0.15) is 11.1 Å². The second kappa shape index (κ2) is 8.35. The fourth-order valence-corrected chi connectivity index (χ4v) is 4.45. The average Bonchev–Trinajstić information content (AvgIpc) is 2.72. The molecule has 3 rings (SSSR count). The molecule has 0 unspecified atom stereocenters. The van der Waals surface area contributed by atoms with E-state index < -0.39 is 10.0 Å². The van der Waals surface area contributed by atoms with E-state index in [9.17, 15) is 8.42 Å². The lowest BCUT2D eigenvalue weighted by Crippen LogP contribution is -2.30. The van der Waals surface area contributed by atoms with E-state index >= 15 is 0 Å². The molecule has 0 aromatic heterocycles. The fraction of sp³-hybridized carbons (Fsp3) is 0.182. The Morgan fingerprint density at radius 1 is 0.821 bits per heavy atom. The summed E-state index contributed by atoms with van der Waals surface area (Å²) >= 11 is 0. The Hall–Kier alpha value is -2.99. The third-order valence-corrected chi connectivity index (χ3v) is 6.14. The van der Waals surface area contributed by atoms with Crippen molar-refractivity contribution in [3.63, 3.8) is 0 Å². The summed E-state index contributed by atoms with van der Waals surface area (Å²) in [6, 6.07) is 21.5. The zero-order chi connectivity index (χ0) is 20.1. The van der Waals surface area contributed by atoms with E-state index in [0.717, 1.165) is 11.1 Å². The minimum atomic E-state index is -3.80. The van der Waals surface area contributed by atoms with Gasteiger partial charge in [-0.15, -0.1) is 0 Å². The number of rotatable bonds is 7. The topological polar surface area (TPSA) is 55.8 Å². The molecular formula is C22H23NO4S.